The van der Waals surface area contributed by atoms with Crippen LogP contribution in [0.2, 0.25) is 49.9 Å². The summed E-state index contributed by atoms with van der Waals surface area (Å²) < 4.78 is 25.6. The smallest absolute Gasteiger partial charge is 0.322 e. The van der Waals surface area contributed by atoms with Crippen molar-refractivity contribution in [2.24, 2.45) is 0 Å². The SMILES string of the molecule is CCCCCCCCCCCCCC[Si]1(C)O[Si](C)(CC(C)[Si]OOC)CCCCO[Si](C)(C)O1. The summed E-state index contributed by atoms with van der Waals surface area (Å²) in [6, 6.07) is 3.39. The highest BCUT2D eigenvalue weighted by Crippen LogP contribution is 2.35. The Morgan fingerprint density at radius 2 is 1.37 bits per heavy atom. The molecule has 9 heteroatoms. The summed E-state index contributed by atoms with van der Waals surface area (Å²) in [6.07, 6.45) is 18.8. The second kappa shape index (κ2) is 18.8. The Labute approximate surface area is 224 Å². The Hall–Kier alpha value is 0.668. The van der Waals surface area contributed by atoms with Crippen molar-refractivity contribution in [3.8, 4) is 0 Å². The summed E-state index contributed by atoms with van der Waals surface area (Å²) >= 11 is 0. The summed E-state index contributed by atoms with van der Waals surface area (Å²) in [6.45, 7) is 14.6. The Morgan fingerprint density at radius 1 is 0.800 bits per heavy atom. The van der Waals surface area contributed by atoms with E-state index in [-0.39, 0.29) is 0 Å². The van der Waals surface area contributed by atoms with Gasteiger partial charge in [0.2, 0.25) is 0 Å². The minimum Gasteiger partial charge on any atom is -0.436 e. The molecule has 0 aromatic rings. The molecule has 1 saturated heterocycles. The van der Waals surface area contributed by atoms with Crippen molar-refractivity contribution in [1.29, 1.82) is 0 Å². The van der Waals surface area contributed by atoms with Gasteiger partial charge in [0.25, 0.3) is 9.76 Å². The Morgan fingerprint density at radius 3 is 1.94 bits per heavy atom. The largest absolute Gasteiger partial charge is 0.436 e. The summed E-state index contributed by atoms with van der Waals surface area (Å²) in [5, 5.41) is 0. The Balaban J connectivity index is 2.53. The van der Waals surface area contributed by atoms with Crippen molar-refractivity contribution < 1.29 is 22.1 Å². The maximum atomic E-state index is 7.21. The lowest BCUT2D eigenvalue weighted by molar-refractivity contribution is -0.180. The molecule has 1 aliphatic heterocycles. The molecule has 0 aromatic heterocycles. The zero-order chi connectivity index (χ0) is 26.0. The van der Waals surface area contributed by atoms with E-state index in [9.17, 15) is 0 Å². The highest BCUT2D eigenvalue weighted by molar-refractivity contribution is 6.87. The normalized spacial score (nSPS) is 26.5. The van der Waals surface area contributed by atoms with Crippen LogP contribution in [0.5, 0.6) is 0 Å². The molecular weight excluding hydrogens is 505 g/mol. The minimum absolute atomic E-state index is 0.366. The molecule has 1 rings (SSSR count). The van der Waals surface area contributed by atoms with Crippen molar-refractivity contribution in [2.45, 2.75) is 154 Å². The van der Waals surface area contributed by atoms with Gasteiger partial charge in [-0.15, -0.1) is 0 Å². The van der Waals surface area contributed by atoms with Crippen LogP contribution in [-0.2, 0) is 22.1 Å². The second-order valence-corrected chi connectivity index (χ2v) is 24.3. The van der Waals surface area contributed by atoms with Crippen LogP contribution in [0.3, 0.4) is 0 Å². The van der Waals surface area contributed by atoms with E-state index < -0.39 is 25.4 Å². The van der Waals surface area contributed by atoms with Crippen LogP contribution in [0, 0.1) is 0 Å². The first-order valence-electron chi connectivity index (χ1n) is 14.6. The first-order chi connectivity index (χ1) is 16.6. The van der Waals surface area contributed by atoms with Crippen molar-refractivity contribution >= 4 is 35.2 Å². The van der Waals surface area contributed by atoms with Gasteiger partial charge in [-0.2, -0.15) is 0 Å². The van der Waals surface area contributed by atoms with Crippen LogP contribution in [0.4, 0.5) is 0 Å². The van der Waals surface area contributed by atoms with Gasteiger partial charge in [0.1, 0.15) is 0 Å². The van der Waals surface area contributed by atoms with Gasteiger partial charge >= 0.3 is 17.1 Å². The predicted octanol–water partition coefficient (Wildman–Crippen LogP) is 8.89. The van der Waals surface area contributed by atoms with E-state index in [1.54, 1.807) is 7.11 Å². The number of unbranched alkanes of at least 4 members (excludes halogenated alkanes) is 11. The predicted molar refractivity (Wildman–Crippen MR) is 157 cm³/mol. The zero-order valence-electron chi connectivity index (χ0n) is 24.3. The third-order valence-corrected chi connectivity index (χ3v) is 20.7. The van der Waals surface area contributed by atoms with Gasteiger partial charge < -0.3 is 12.7 Å². The van der Waals surface area contributed by atoms with Gasteiger partial charge in [-0.25, -0.2) is 0 Å². The van der Waals surface area contributed by atoms with Crippen molar-refractivity contribution in [1.82, 2.24) is 0 Å². The summed E-state index contributed by atoms with van der Waals surface area (Å²) in [5.74, 6) is 0. The lowest BCUT2D eigenvalue weighted by atomic mass is 10.1. The van der Waals surface area contributed by atoms with Crippen LogP contribution in [0.15, 0.2) is 0 Å². The molecule has 0 aliphatic carbocycles. The van der Waals surface area contributed by atoms with Gasteiger partial charge in [-0.3, -0.25) is 9.46 Å². The average Bonchev–Trinajstić information content (AvgIpc) is 2.77. The fourth-order valence-corrected chi connectivity index (χ4v) is 22.0. The van der Waals surface area contributed by atoms with Gasteiger partial charge in [-0.1, -0.05) is 97.3 Å². The number of hydrogen-bond acceptors (Lipinski definition) is 5. The molecule has 3 unspecified atom stereocenters. The maximum Gasteiger partial charge on any atom is 0.322 e. The van der Waals surface area contributed by atoms with Gasteiger partial charge in [0, 0.05) is 6.61 Å². The first kappa shape index (κ1) is 33.7. The standard InChI is InChI=1S/C26H58O5Si4/c1-8-9-10-11-12-13-14-15-16-17-18-20-24-35(7)30-33(4,5)28-22-19-21-23-34(6,31-35)25-26(2)32-29-27-3/h26H,8-25H2,1-7H3. The molecule has 0 amide bonds. The maximum absolute atomic E-state index is 7.21. The molecule has 208 valence electrons. The third kappa shape index (κ3) is 17.0. The molecule has 0 spiro atoms. The molecule has 2 radical (unpaired) electrons. The molecule has 0 N–H and O–H groups in total. The Bertz CT molecular complexity index is 528. The summed E-state index contributed by atoms with van der Waals surface area (Å²) in [4.78, 5) is 4.87. The lowest BCUT2D eigenvalue weighted by Gasteiger charge is -2.43. The van der Waals surface area contributed by atoms with Gasteiger partial charge in [-0.05, 0) is 56.3 Å². The average molecular weight is 563 g/mol. The van der Waals surface area contributed by atoms with E-state index >= 15 is 0 Å². The molecule has 5 nitrogen and oxygen atoms in total. The lowest BCUT2D eigenvalue weighted by Crippen LogP contribution is -2.56. The zero-order valence-corrected chi connectivity index (χ0v) is 28.3. The van der Waals surface area contributed by atoms with E-state index in [2.05, 4.69) is 40.0 Å². The molecule has 1 fully saturated rings. The monoisotopic (exact) mass is 562 g/mol. The molecule has 0 bridgehead atoms. The topological polar surface area (TPSA) is 46.2 Å². The molecule has 35 heavy (non-hydrogen) atoms. The van der Waals surface area contributed by atoms with E-state index in [1.807, 2.05) is 0 Å². The fraction of sp³-hybridized carbons (Fsp3) is 1.00. The molecule has 1 heterocycles. The Kier molecular flexibility index (Phi) is 18.1. The van der Waals surface area contributed by atoms with Crippen molar-refractivity contribution in [3.05, 3.63) is 0 Å². The third-order valence-electron chi connectivity index (χ3n) is 7.03. The summed E-state index contributed by atoms with van der Waals surface area (Å²) in [5.41, 5.74) is 0.459. The number of hydrogen-bond donors (Lipinski definition) is 0. The highest BCUT2D eigenvalue weighted by atomic mass is 28.5. The van der Waals surface area contributed by atoms with Crippen molar-refractivity contribution in [3.63, 3.8) is 0 Å². The summed E-state index contributed by atoms with van der Waals surface area (Å²) in [7, 11) is -4.44. The first-order valence-corrected chi connectivity index (χ1v) is 23.8. The minimum atomic E-state index is -2.31. The van der Waals surface area contributed by atoms with E-state index in [4.69, 9.17) is 22.1 Å². The molecular formula is C26H58O5Si4. The van der Waals surface area contributed by atoms with E-state index in [0.717, 1.165) is 25.1 Å². The van der Waals surface area contributed by atoms with Crippen LogP contribution in [0.25, 0.3) is 0 Å². The van der Waals surface area contributed by atoms with E-state index in [1.165, 1.54) is 89.5 Å². The van der Waals surface area contributed by atoms with Crippen LogP contribution in [0.1, 0.15) is 104 Å². The van der Waals surface area contributed by atoms with Crippen LogP contribution in [-0.4, -0.2) is 48.9 Å². The molecule has 0 saturated carbocycles. The highest BCUT2D eigenvalue weighted by Gasteiger charge is 2.46. The van der Waals surface area contributed by atoms with Crippen molar-refractivity contribution in [2.75, 3.05) is 13.7 Å². The quantitative estimate of drug-likeness (QED) is 0.0722. The van der Waals surface area contributed by atoms with Crippen LogP contribution >= 0.6 is 0 Å². The van der Waals surface area contributed by atoms with Crippen LogP contribution < -0.4 is 0 Å². The van der Waals surface area contributed by atoms with Gasteiger partial charge in [0.05, 0.1) is 7.11 Å². The molecule has 1 aliphatic rings. The second-order valence-electron chi connectivity index (χ2n) is 11.6. The molecule has 3 atom stereocenters. The van der Waals surface area contributed by atoms with E-state index in [0.29, 0.717) is 15.3 Å². The fourth-order valence-electron chi connectivity index (χ4n) is 5.41. The van der Waals surface area contributed by atoms with Gasteiger partial charge in [0.15, 0.2) is 8.32 Å². The molecule has 0 aromatic carbocycles. The number of rotatable bonds is 18.